The maximum atomic E-state index is 6.14. The molecular formula is C17H24N2. The van der Waals surface area contributed by atoms with Crippen molar-refractivity contribution in [1.82, 2.24) is 0 Å². The van der Waals surface area contributed by atoms with Crippen LogP contribution in [0.25, 0.3) is 10.8 Å². The second kappa shape index (κ2) is 6.46. The van der Waals surface area contributed by atoms with Gasteiger partial charge in [0.15, 0.2) is 0 Å². The molecule has 102 valence electrons. The van der Waals surface area contributed by atoms with Crippen LogP contribution in [0.2, 0.25) is 0 Å². The highest BCUT2D eigenvalue weighted by atomic mass is 14.6. The third kappa shape index (κ3) is 3.40. The number of benzene rings is 2. The van der Waals surface area contributed by atoms with E-state index in [4.69, 9.17) is 11.5 Å². The van der Waals surface area contributed by atoms with Gasteiger partial charge in [-0.15, -0.1) is 0 Å². The number of anilines is 2. The minimum Gasteiger partial charge on any atom is -0.398 e. The zero-order valence-corrected chi connectivity index (χ0v) is 11.8. The molecule has 19 heavy (non-hydrogen) atoms. The van der Waals surface area contributed by atoms with Crippen molar-refractivity contribution < 1.29 is 0 Å². The fourth-order valence-corrected chi connectivity index (χ4v) is 2.55. The molecule has 0 aliphatic heterocycles. The SMILES string of the molecule is CCCCCCCc1cc2cccc(N)c2cc1N. The standard InChI is InChI=1S/C17H24N2/c1-2-3-4-5-6-8-14-11-13-9-7-10-16(18)15(13)12-17(14)19/h7,9-12H,2-6,8,18-19H2,1H3. The van der Waals surface area contributed by atoms with E-state index in [9.17, 15) is 0 Å². The van der Waals surface area contributed by atoms with Gasteiger partial charge in [-0.2, -0.15) is 0 Å². The van der Waals surface area contributed by atoms with Crippen LogP contribution in [-0.2, 0) is 6.42 Å². The average Bonchev–Trinajstić information content (AvgIpc) is 2.40. The molecule has 0 fully saturated rings. The lowest BCUT2D eigenvalue weighted by molar-refractivity contribution is 0.633. The number of aryl methyl sites for hydroxylation is 1. The molecule has 2 heteroatoms. The largest absolute Gasteiger partial charge is 0.398 e. The second-order valence-electron chi connectivity index (χ2n) is 5.28. The minimum atomic E-state index is 0.804. The molecule has 0 aromatic heterocycles. The van der Waals surface area contributed by atoms with E-state index in [0.29, 0.717) is 0 Å². The highest BCUT2D eigenvalue weighted by Gasteiger charge is 2.04. The van der Waals surface area contributed by atoms with E-state index in [1.54, 1.807) is 0 Å². The predicted octanol–water partition coefficient (Wildman–Crippen LogP) is 4.52. The van der Waals surface area contributed by atoms with Crippen molar-refractivity contribution in [3.05, 3.63) is 35.9 Å². The summed E-state index contributed by atoms with van der Waals surface area (Å²) in [5.41, 5.74) is 15.1. The van der Waals surface area contributed by atoms with E-state index in [0.717, 1.165) is 23.2 Å². The quantitative estimate of drug-likeness (QED) is 0.590. The molecule has 0 unspecified atom stereocenters. The molecule has 0 bridgehead atoms. The van der Waals surface area contributed by atoms with Gasteiger partial charge in [-0.05, 0) is 42.0 Å². The summed E-state index contributed by atoms with van der Waals surface area (Å²) in [6.07, 6.45) is 7.54. The van der Waals surface area contributed by atoms with E-state index in [2.05, 4.69) is 19.1 Å². The molecule has 0 atom stereocenters. The molecule has 2 rings (SSSR count). The highest BCUT2D eigenvalue weighted by Crippen LogP contribution is 2.27. The third-order valence-corrected chi connectivity index (χ3v) is 3.72. The molecule has 0 radical (unpaired) electrons. The van der Waals surface area contributed by atoms with Crippen molar-refractivity contribution in [2.45, 2.75) is 45.4 Å². The van der Waals surface area contributed by atoms with Crippen LogP contribution in [0, 0.1) is 0 Å². The molecule has 2 aromatic rings. The second-order valence-corrected chi connectivity index (χ2v) is 5.28. The summed E-state index contributed by atoms with van der Waals surface area (Å²) in [7, 11) is 0. The third-order valence-electron chi connectivity index (χ3n) is 3.72. The summed E-state index contributed by atoms with van der Waals surface area (Å²) in [6, 6.07) is 10.2. The van der Waals surface area contributed by atoms with Gasteiger partial charge in [0.1, 0.15) is 0 Å². The van der Waals surface area contributed by atoms with Gasteiger partial charge in [0.25, 0.3) is 0 Å². The van der Waals surface area contributed by atoms with E-state index in [1.807, 2.05) is 18.2 Å². The summed E-state index contributed by atoms with van der Waals surface area (Å²) < 4.78 is 0. The fraction of sp³-hybridized carbons (Fsp3) is 0.412. The fourth-order valence-electron chi connectivity index (χ4n) is 2.55. The monoisotopic (exact) mass is 256 g/mol. The molecule has 4 N–H and O–H groups in total. The normalized spacial score (nSPS) is 11.0. The average molecular weight is 256 g/mol. The number of fused-ring (bicyclic) bond motifs is 1. The highest BCUT2D eigenvalue weighted by molar-refractivity contribution is 5.95. The van der Waals surface area contributed by atoms with Gasteiger partial charge in [0, 0.05) is 16.8 Å². The van der Waals surface area contributed by atoms with Crippen LogP contribution in [0.4, 0.5) is 11.4 Å². The zero-order chi connectivity index (χ0) is 13.7. The first-order valence-corrected chi connectivity index (χ1v) is 7.29. The van der Waals surface area contributed by atoms with Gasteiger partial charge in [-0.1, -0.05) is 44.7 Å². The first-order chi connectivity index (χ1) is 9.22. The first-order valence-electron chi connectivity index (χ1n) is 7.29. The molecule has 0 aliphatic carbocycles. The molecule has 2 nitrogen and oxygen atoms in total. The molecule has 0 saturated carbocycles. The molecule has 0 aliphatic rings. The Hall–Kier alpha value is -1.70. The van der Waals surface area contributed by atoms with Crippen molar-refractivity contribution in [2.75, 3.05) is 11.5 Å². The Kier molecular flexibility index (Phi) is 4.67. The molecule has 0 spiro atoms. The Bertz CT molecular complexity index is 546. The molecule has 0 saturated heterocycles. The van der Waals surface area contributed by atoms with E-state index in [-0.39, 0.29) is 0 Å². The van der Waals surface area contributed by atoms with Crippen molar-refractivity contribution in [3.8, 4) is 0 Å². The summed E-state index contributed by atoms with van der Waals surface area (Å²) in [6.45, 7) is 2.24. The lowest BCUT2D eigenvalue weighted by atomic mass is 9.99. The van der Waals surface area contributed by atoms with E-state index in [1.165, 1.54) is 43.1 Å². The summed E-state index contributed by atoms with van der Waals surface area (Å²) in [4.78, 5) is 0. The van der Waals surface area contributed by atoms with E-state index < -0.39 is 0 Å². The topological polar surface area (TPSA) is 52.0 Å². The number of nitrogens with two attached hydrogens (primary N) is 2. The Morgan fingerprint density at radius 1 is 0.895 bits per heavy atom. The number of unbranched alkanes of at least 4 members (excludes halogenated alkanes) is 4. The van der Waals surface area contributed by atoms with Crippen molar-refractivity contribution in [2.24, 2.45) is 0 Å². The van der Waals surface area contributed by atoms with Crippen molar-refractivity contribution in [3.63, 3.8) is 0 Å². The number of hydrogen-bond donors (Lipinski definition) is 2. The number of rotatable bonds is 6. The Balaban J connectivity index is 2.09. The van der Waals surface area contributed by atoms with Crippen molar-refractivity contribution in [1.29, 1.82) is 0 Å². The molecule has 2 aromatic carbocycles. The summed E-state index contributed by atoms with van der Waals surface area (Å²) >= 11 is 0. The number of nitrogen functional groups attached to an aromatic ring is 2. The van der Waals surface area contributed by atoms with Crippen LogP contribution in [0.15, 0.2) is 30.3 Å². The van der Waals surface area contributed by atoms with Crippen LogP contribution in [0.3, 0.4) is 0 Å². The maximum absolute atomic E-state index is 6.14. The van der Waals surface area contributed by atoms with Crippen LogP contribution in [-0.4, -0.2) is 0 Å². The van der Waals surface area contributed by atoms with Crippen LogP contribution in [0.1, 0.15) is 44.6 Å². The smallest absolute Gasteiger partial charge is 0.0394 e. The summed E-state index contributed by atoms with van der Waals surface area (Å²) in [5.74, 6) is 0. The van der Waals surface area contributed by atoms with Gasteiger partial charge in [0.2, 0.25) is 0 Å². The lowest BCUT2D eigenvalue weighted by Gasteiger charge is -2.09. The predicted molar refractivity (Wildman–Crippen MR) is 85.2 cm³/mol. The zero-order valence-electron chi connectivity index (χ0n) is 11.8. The van der Waals surface area contributed by atoms with Gasteiger partial charge in [-0.25, -0.2) is 0 Å². The molecule has 0 heterocycles. The van der Waals surface area contributed by atoms with Crippen LogP contribution in [0.5, 0.6) is 0 Å². The summed E-state index contributed by atoms with van der Waals surface area (Å²) in [5, 5.41) is 2.26. The Labute approximate surface area is 115 Å². The maximum Gasteiger partial charge on any atom is 0.0394 e. The Morgan fingerprint density at radius 2 is 1.68 bits per heavy atom. The molecule has 0 amide bonds. The van der Waals surface area contributed by atoms with Gasteiger partial charge in [-0.3, -0.25) is 0 Å². The number of hydrogen-bond acceptors (Lipinski definition) is 2. The van der Waals surface area contributed by atoms with Crippen LogP contribution < -0.4 is 11.5 Å². The van der Waals surface area contributed by atoms with Gasteiger partial charge in [0.05, 0.1) is 0 Å². The van der Waals surface area contributed by atoms with Gasteiger partial charge >= 0.3 is 0 Å². The molecular weight excluding hydrogens is 232 g/mol. The van der Waals surface area contributed by atoms with Gasteiger partial charge < -0.3 is 11.5 Å². The first kappa shape index (κ1) is 13.7. The van der Waals surface area contributed by atoms with Crippen LogP contribution >= 0.6 is 0 Å². The minimum absolute atomic E-state index is 0.804. The lowest BCUT2D eigenvalue weighted by Crippen LogP contribution is -1.96. The van der Waals surface area contributed by atoms with E-state index >= 15 is 0 Å². The van der Waals surface area contributed by atoms with Crippen molar-refractivity contribution >= 4 is 22.1 Å². The Morgan fingerprint density at radius 3 is 2.47 bits per heavy atom.